The number of carbonyl (C=O) groups excluding carboxylic acids is 1. The molecule has 1 amide bonds. The second-order valence-electron chi connectivity index (χ2n) is 7.52. The lowest BCUT2D eigenvalue weighted by Gasteiger charge is -2.20. The average molecular weight is 523 g/mol. The molecule has 0 aliphatic carbocycles. The zero-order chi connectivity index (χ0) is 20.5. The maximum Gasteiger partial charge on any atom is 0.407 e. The van der Waals surface area contributed by atoms with Gasteiger partial charge in [-0.1, -0.05) is 0 Å². The number of amides is 1. The number of alkyl carbamates (subject to hydrolysis) is 1. The molecule has 1 rings (SSSR count). The van der Waals surface area contributed by atoms with Gasteiger partial charge in [0, 0.05) is 38.8 Å². The van der Waals surface area contributed by atoms with Gasteiger partial charge < -0.3 is 20.7 Å². The summed E-state index contributed by atoms with van der Waals surface area (Å²) in [5, 5.41) is 8.93. The van der Waals surface area contributed by atoms with E-state index in [0.29, 0.717) is 51.5 Å². The van der Waals surface area contributed by atoms with Crippen LogP contribution in [0, 0.1) is 0 Å². The molecule has 0 aromatic heterocycles. The lowest BCUT2D eigenvalue weighted by Crippen LogP contribution is -2.45. The first-order valence-electron chi connectivity index (χ1n) is 9.29. The Morgan fingerprint density at radius 3 is 2.50 bits per heavy atom. The summed E-state index contributed by atoms with van der Waals surface area (Å²) < 4.78 is 42.5. The highest BCUT2D eigenvalue weighted by atomic mass is 127. The minimum atomic E-state index is -4.17. The van der Waals surface area contributed by atoms with Gasteiger partial charge in [0.15, 0.2) is 5.96 Å². The lowest BCUT2D eigenvalue weighted by atomic mass is 10.2. The van der Waals surface area contributed by atoms with Crippen molar-refractivity contribution in [2.75, 3.05) is 39.3 Å². The predicted molar refractivity (Wildman–Crippen MR) is 114 cm³/mol. The van der Waals surface area contributed by atoms with Crippen molar-refractivity contribution in [2.24, 2.45) is 4.99 Å². The van der Waals surface area contributed by atoms with Gasteiger partial charge in [-0.15, -0.1) is 24.0 Å². The lowest BCUT2D eigenvalue weighted by molar-refractivity contribution is -0.143. The molecule has 1 unspecified atom stereocenters. The second kappa shape index (κ2) is 12.6. The molecule has 28 heavy (non-hydrogen) atoms. The molecule has 1 atom stereocenters. The second-order valence-corrected chi connectivity index (χ2v) is 7.52. The number of halogens is 4. The Balaban J connectivity index is 0.00000729. The van der Waals surface area contributed by atoms with Gasteiger partial charge in [0.2, 0.25) is 0 Å². The Labute approximate surface area is 182 Å². The van der Waals surface area contributed by atoms with Crippen molar-refractivity contribution in [2.45, 2.75) is 58.4 Å². The zero-order valence-electron chi connectivity index (χ0n) is 17.0. The number of likely N-dealkylation sites (tertiary alicyclic amines) is 1. The molecule has 0 bridgehead atoms. The first kappa shape index (κ1) is 27.0. The summed E-state index contributed by atoms with van der Waals surface area (Å²) in [7, 11) is 0. The number of nitrogens with one attached hydrogen (secondary N) is 3. The number of ether oxygens (including phenoxy) is 1. The fraction of sp³-hybridized carbons (Fsp3) is 0.882. The standard InChI is InChI=1S/C17H32F3N5O2.HI/c1-5-21-14(22-8-6-9-23-15(26)27-16(2,3)4)24-13-7-10-25(11-13)12-17(18,19)20;/h13H,5-12H2,1-4H3,(H,23,26)(H2,21,22,24);1H. The topological polar surface area (TPSA) is 78.0 Å². The van der Waals surface area contributed by atoms with E-state index >= 15 is 0 Å². The maximum absolute atomic E-state index is 12.5. The largest absolute Gasteiger partial charge is 0.444 e. The Bertz CT molecular complexity index is 498. The summed E-state index contributed by atoms with van der Waals surface area (Å²) in [5.41, 5.74) is -0.536. The van der Waals surface area contributed by atoms with E-state index < -0.39 is 24.4 Å². The van der Waals surface area contributed by atoms with Crippen LogP contribution >= 0.6 is 24.0 Å². The summed E-state index contributed by atoms with van der Waals surface area (Å²) >= 11 is 0. The smallest absolute Gasteiger partial charge is 0.407 e. The number of hydrogen-bond acceptors (Lipinski definition) is 4. The van der Waals surface area contributed by atoms with Crippen LogP contribution in [0.1, 0.15) is 40.5 Å². The van der Waals surface area contributed by atoms with Crippen molar-refractivity contribution in [3.63, 3.8) is 0 Å². The van der Waals surface area contributed by atoms with Crippen molar-refractivity contribution in [1.29, 1.82) is 0 Å². The molecule has 1 heterocycles. The Morgan fingerprint density at radius 1 is 1.25 bits per heavy atom. The molecule has 0 radical (unpaired) electrons. The maximum atomic E-state index is 12.5. The van der Waals surface area contributed by atoms with E-state index in [1.165, 1.54) is 4.90 Å². The first-order chi connectivity index (χ1) is 12.5. The third kappa shape index (κ3) is 13.2. The Hall–Kier alpha value is -0.980. The fourth-order valence-electron chi connectivity index (χ4n) is 2.64. The summed E-state index contributed by atoms with van der Waals surface area (Å²) in [6, 6.07) is -0.0648. The summed E-state index contributed by atoms with van der Waals surface area (Å²) in [6.07, 6.45) is -3.37. The van der Waals surface area contributed by atoms with Crippen LogP contribution in [-0.4, -0.2) is 74.0 Å². The molecule has 166 valence electrons. The molecular weight excluding hydrogens is 490 g/mol. The number of carbonyl (C=O) groups is 1. The monoisotopic (exact) mass is 523 g/mol. The van der Waals surface area contributed by atoms with Crippen molar-refractivity contribution in [3.8, 4) is 0 Å². The van der Waals surface area contributed by atoms with Crippen molar-refractivity contribution in [3.05, 3.63) is 0 Å². The van der Waals surface area contributed by atoms with Crippen LogP contribution < -0.4 is 16.0 Å². The SMILES string of the molecule is CCNC(=NCCCNC(=O)OC(C)(C)C)NC1CCN(CC(F)(F)F)C1.I. The molecule has 3 N–H and O–H groups in total. The number of hydrogen-bond donors (Lipinski definition) is 3. The molecule has 1 aliphatic heterocycles. The molecule has 1 aliphatic rings. The number of aliphatic imine (C=N–C) groups is 1. The Morgan fingerprint density at radius 2 is 1.93 bits per heavy atom. The number of nitrogens with zero attached hydrogens (tertiary/aromatic N) is 2. The normalized spacial score (nSPS) is 18.4. The van der Waals surface area contributed by atoms with Crippen LogP contribution in [0.25, 0.3) is 0 Å². The van der Waals surface area contributed by atoms with Gasteiger partial charge in [0.25, 0.3) is 0 Å². The Kier molecular flexibility index (Phi) is 12.1. The minimum absolute atomic E-state index is 0. The first-order valence-corrected chi connectivity index (χ1v) is 9.29. The number of rotatable bonds is 7. The molecule has 7 nitrogen and oxygen atoms in total. The fourth-order valence-corrected chi connectivity index (χ4v) is 2.64. The van der Waals surface area contributed by atoms with Crippen molar-refractivity contribution in [1.82, 2.24) is 20.9 Å². The van der Waals surface area contributed by atoms with Crippen LogP contribution in [0.4, 0.5) is 18.0 Å². The van der Waals surface area contributed by atoms with Gasteiger partial charge in [-0.25, -0.2) is 4.79 Å². The third-order valence-corrected chi connectivity index (χ3v) is 3.63. The van der Waals surface area contributed by atoms with E-state index in [1.807, 2.05) is 6.92 Å². The highest BCUT2D eigenvalue weighted by Gasteiger charge is 2.34. The van der Waals surface area contributed by atoms with Crippen LogP contribution in [0.15, 0.2) is 4.99 Å². The molecule has 1 saturated heterocycles. The van der Waals surface area contributed by atoms with Gasteiger partial charge in [0.1, 0.15) is 5.60 Å². The predicted octanol–water partition coefficient (Wildman–Crippen LogP) is 2.71. The van der Waals surface area contributed by atoms with Crippen LogP contribution in [0.3, 0.4) is 0 Å². The van der Waals surface area contributed by atoms with E-state index in [9.17, 15) is 18.0 Å². The van der Waals surface area contributed by atoms with Crippen LogP contribution in [0.2, 0.25) is 0 Å². The summed E-state index contributed by atoms with van der Waals surface area (Å²) in [5.74, 6) is 0.577. The van der Waals surface area contributed by atoms with Gasteiger partial charge in [-0.3, -0.25) is 9.89 Å². The van der Waals surface area contributed by atoms with Crippen LogP contribution in [-0.2, 0) is 4.74 Å². The molecular formula is C17H33F3IN5O2. The third-order valence-electron chi connectivity index (χ3n) is 3.63. The highest BCUT2D eigenvalue weighted by molar-refractivity contribution is 14.0. The molecule has 1 fully saturated rings. The van der Waals surface area contributed by atoms with Crippen molar-refractivity contribution < 1.29 is 22.7 Å². The minimum Gasteiger partial charge on any atom is -0.444 e. The van der Waals surface area contributed by atoms with Gasteiger partial charge in [0.05, 0.1) is 6.54 Å². The molecule has 0 aromatic rings. The summed E-state index contributed by atoms with van der Waals surface area (Å²) in [6.45, 7) is 8.74. The van der Waals surface area contributed by atoms with E-state index in [1.54, 1.807) is 20.8 Å². The highest BCUT2D eigenvalue weighted by Crippen LogP contribution is 2.19. The zero-order valence-corrected chi connectivity index (χ0v) is 19.3. The molecule has 0 spiro atoms. The summed E-state index contributed by atoms with van der Waals surface area (Å²) in [4.78, 5) is 17.3. The van der Waals surface area contributed by atoms with Gasteiger partial charge >= 0.3 is 12.3 Å². The van der Waals surface area contributed by atoms with Gasteiger partial charge in [-0.2, -0.15) is 13.2 Å². The van der Waals surface area contributed by atoms with Gasteiger partial charge in [-0.05, 0) is 40.5 Å². The average Bonchev–Trinajstić information content (AvgIpc) is 2.90. The van der Waals surface area contributed by atoms with E-state index in [4.69, 9.17) is 4.74 Å². The molecule has 0 aromatic carbocycles. The van der Waals surface area contributed by atoms with E-state index in [2.05, 4.69) is 20.9 Å². The van der Waals surface area contributed by atoms with E-state index in [-0.39, 0.29) is 30.0 Å². The van der Waals surface area contributed by atoms with E-state index in [0.717, 1.165) is 0 Å². The quantitative estimate of drug-likeness (QED) is 0.207. The molecule has 11 heteroatoms. The number of alkyl halides is 3. The number of guanidine groups is 1. The van der Waals surface area contributed by atoms with Crippen LogP contribution in [0.5, 0.6) is 0 Å². The van der Waals surface area contributed by atoms with Crippen molar-refractivity contribution >= 4 is 36.0 Å². The molecule has 0 saturated carbocycles.